The molecule has 1 fully saturated rings. The molecule has 1 aliphatic carbocycles. The quantitative estimate of drug-likeness (QED) is 0.799. The van der Waals surface area contributed by atoms with Gasteiger partial charge in [0.25, 0.3) is 0 Å². The molecule has 5 heteroatoms. The van der Waals surface area contributed by atoms with Crippen molar-refractivity contribution < 1.29 is 0 Å². The third-order valence-corrected chi connectivity index (χ3v) is 3.90. The van der Waals surface area contributed by atoms with Gasteiger partial charge < -0.3 is 0 Å². The Kier molecular flexibility index (Phi) is 2.01. The molecule has 0 saturated heterocycles. The average Bonchev–Trinajstić information content (AvgIpc) is 2.91. The van der Waals surface area contributed by atoms with Crippen LogP contribution in [-0.2, 0) is 0 Å². The zero-order valence-electron chi connectivity index (χ0n) is 9.27. The van der Waals surface area contributed by atoms with Crippen LogP contribution in [0, 0.1) is 11.3 Å². The van der Waals surface area contributed by atoms with Gasteiger partial charge in [0, 0.05) is 5.92 Å². The van der Waals surface area contributed by atoms with E-state index in [2.05, 4.69) is 30.0 Å². The first-order chi connectivity index (χ1) is 7.70. The van der Waals surface area contributed by atoms with Crippen molar-refractivity contribution in [2.75, 3.05) is 0 Å². The van der Waals surface area contributed by atoms with E-state index in [4.69, 9.17) is 0 Å². The zero-order chi connectivity index (χ0) is 11.3. The second-order valence-electron chi connectivity index (χ2n) is 4.52. The minimum Gasteiger partial charge on any atom is -0.221 e. The molecule has 0 aliphatic heterocycles. The summed E-state index contributed by atoms with van der Waals surface area (Å²) in [5.41, 5.74) is 1.47. The molecule has 16 heavy (non-hydrogen) atoms. The van der Waals surface area contributed by atoms with Crippen molar-refractivity contribution in [2.45, 2.75) is 38.5 Å². The van der Waals surface area contributed by atoms with Gasteiger partial charge >= 0.3 is 0 Å². The van der Waals surface area contributed by atoms with Crippen LogP contribution < -0.4 is 0 Å². The molecule has 0 radical (unpaired) electrons. The fourth-order valence-electron chi connectivity index (χ4n) is 1.78. The van der Waals surface area contributed by atoms with Crippen LogP contribution >= 0.6 is 11.3 Å². The van der Waals surface area contributed by atoms with Crippen LogP contribution in [0.15, 0.2) is 0 Å². The Labute approximate surface area is 97.5 Å². The molecule has 0 bridgehead atoms. The van der Waals surface area contributed by atoms with Crippen molar-refractivity contribution in [1.82, 2.24) is 14.6 Å². The maximum absolute atomic E-state index is 9.17. The van der Waals surface area contributed by atoms with Crippen molar-refractivity contribution in [3.8, 4) is 6.07 Å². The molecule has 4 nitrogen and oxygen atoms in total. The molecule has 3 rings (SSSR count). The number of aromatic nitrogens is 3. The Hall–Kier alpha value is -1.41. The van der Waals surface area contributed by atoms with E-state index in [1.54, 1.807) is 15.9 Å². The largest absolute Gasteiger partial charge is 0.221 e. The van der Waals surface area contributed by atoms with Crippen LogP contribution in [-0.4, -0.2) is 14.6 Å². The van der Waals surface area contributed by atoms with E-state index < -0.39 is 0 Å². The maximum Gasteiger partial charge on any atom is 0.213 e. The Morgan fingerprint density at radius 2 is 2.25 bits per heavy atom. The summed E-state index contributed by atoms with van der Waals surface area (Å²) in [4.78, 5) is 5.37. The highest BCUT2D eigenvalue weighted by atomic mass is 32.1. The van der Waals surface area contributed by atoms with Crippen LogP contribution in [0.25, 0.3) is 4.96 Å². The molecule has 0 amide bonds. The number of rotatable bonds is 2. The van der Waals surface area contributed by atoms with Crippen molar-refractivity contribution >= 4 is 16.3 Å². The molecule has 0 aromatic carbocycles. The van der Waals surface area contributed by atoms with Crippen molar-refractivity contribution in [2.24, 2.45) is 0 Å². The lowest BCUT2D eigenvalue weighted by Crippen LogP contribution is -1.95. The lowest BCUT2D eigenvalue weighted by atomic mass is 10.1. The number of nitrogens with zero attached hydrogens (tertiary/aromatic N) is 4. The minimum atomic E-state index is 0.271. The molecular formula is C11H12N4S. The van der Waals surface area contributed by atoms with Gasteiger partial charge in [-0.1, -0.05) is 25.2 Å². The second kappa shape index (κ2) is 3.29. The number of hydrogen-bond acceptors (Lipinski definition) is 4. The summed E-state index contributed by atoms with van der Waals surface area (Å²) < 4.78 is 1.72. The molecule has 2 aromatic heterocycles. The average molecular weight is 232 g/mol. The summed E-state index contributed by atoms with van der Waals surface area (Å²) in [6, 6.07) is 2.22. The van der Waals surface area contributed by atoms with E-state index in [1.807, 2.05) is 0 Å². The predicted molar refractivity (Wildman–Crippen MR) is 61.6 cm³/mol. The lowest BCUT2D eigenvalue weighted by Gasteiger charge is -1.98. The number of hydrogen-bond donors (Lipinski definition) is 0. The van der Waals surface area contributed by atoms with Gasteiger partial charge in [-0.05, 0) is 18.8 Å². The first kappa shape index (κ1) is 9.79. The van der Waals surface area contributed by atoms with Crippen LogP contribution in [0.2, 0.25) is 0 Å². The molecule has 0 unspecified atom stereocenters. The van der Waals surface area contributed by atoms with E-state index in [-0.39, 0.29) is 5.92 Å². The highest BCUT2D eigenvalue weighted by Gasteiger charge is 2.29. The van der Waals surface area contributed by atoms with Gasteiger partial charge in [0.15, 0.2) is 5.69 Å². The normalized spacial score (nSPS) is 15.9. The fourth-order valence-corrected chi connectivity index (χ4v) is 2.86. The van der Waals surface area contributed by atoms with E-state index in [0.717, 1.165) is 15.7 Å². The molecule has 0 N–H and O–H groups in total. The monoisotopic (exact) mass is 232 g/mol. The van der Waals surface area contributed by atoms with Gasteiger partial charge in [-0.25, -0.2) is 4.98 Å². The topological polar surface area (TPSA) is 54.0 Å². The number of imidazole rings is 1. The summed E-state index contributed by atoms with van der Waals surface area (Å²) >= 11 is 1.63. The molecule has 0 atom stereocenters. The Morgan fingerprint density at radius 3 is 2.81 bits per heavy atom. The van der Waals surface area contributed by atoms with Crippen molar-refractivity contribution in [3.63, 3.8) is 0 Å². The Morgan fingerprint density at radius 1 is 1.50 bits per heavy atom. The number of nitriles is 1. The van der Waals surface area contributed by atoms with E-state index in [0.29, 0.717) is 11.6 Å². The van der Waals surface area contributed by atoms with Gasteiger partial charge in [-0.3, -0.25) is 0 Å². The van der Waals surface area contributed by atoms with Gasteiger partial charge in [0.2, 0.25) is 4.96 Å². The van der Waals surface area contributed by atoms with Crippen molar-refractivity contribution in [3.05, 3.63) is 16.4 Å². The Balaban J connectivity index is 2.19. The molecule has 82 valence electrons. The summed E-state index contributed by atoms with van der Waals surface area (Å²) in [5.74, 6) is 0.897. The minimum absolute atomic E-state index is 0.271. The van der Waals surface area contributed by atoms with Crippen molar-refractivity contribution in [1.29, 1.82) is 5.26 Å². The molecule has 2 heterocycles. The smallest absolute Gasteiger partial charge is 0.213 e. The molecule has 0 spiro atoms. The standard InChI is InChI=1S/C11H12N4S/c1-6(2)9-8(5-12)15-11(13-9)16-10(14-15)7-3-4-7/h6-7H,3-4H2,1-2H3. The number of fused-ring (bicyclic) bond motifs is 1. The first-order valence-corrected chi connectivity index (χ1v) is 6.31. The summed E-state index contributed by atoms with van der Waals surface area (Å²) in [5, 5.41) is 14.8. The van der Waals surface area contributed by atoms with E-state index in [1.165, 1.54) is 12.8 Å². The lowest BCUT2D eigenvalue weighted by molar-refractivity contribution is 0.817. The molecule has 2 aromatic rings. The first-order valence-electron chi connectivity index (χ1n) is 5.50. The highest BCUT2D eigenvalue weighted by Crippen LogP contribution is 2.42. The summed E-state index contributed by atoms with van der Waals surface area (Å²) in [6.45, 7) is 4.10. The van der Waals surface area contributed by atoms with Gasteiger partial charge in [-0.15, -0.1) is 0 Å². The predicted octanol–water partition coefficient (Wildman–Crippen LogP) is 2.66. The molecular weight excluding hydrogens is 220 g/mol. The van der Waals surface area contributed by atoms with Gasteiger partial charge in [0.05, 0.1) is 5.69 Å². The van der Waals surface area contributed by atoms with Gasteiger partial charge in [-0.2, -0.15) is 14.9 Å². The van der Waals surface area contributed by atoms with Crippen LogP contribution in [0.1, 0.15) is 54.9 Å². The van der Waals surface area contributed by atoms with E-state index in [9.17, 15) is 5.26 Å². The van der Waals surface area contributed by atoms with Crippen LogP contribution in [0.3, 0.4) is 0 Å². The second-order valence-corrected chi connectivity index (χ2v) is 5.51. The van der Waals surface area contributed by atoms with Crippen LogP contribution in [0.4, 0.5) is 0 Å². The fraction of sp³-hybridized carbons (Fsp3) is 0.545. The highest BCUT2D eigenvalue weighted by molar-refractivity contribution is 7.16. The third-order valence-electron chi connectivity index (χ3n) is 2.83. The zero-order valence-corrected chi connectivity index (χ0v) is 10.1. The maximum atomic E-state index is 9.17. The SMILES string of the molecule is CC(C)c1nc2sc(C3CC3)nn2c1C#N. The van der Waals surface area contributed by atoms with Crippen LogP contribution in [0.5, 0.6) is 0 Å². The summed E-state index contributed by atoms with van der Waals surface area (Å²) in [7, 11) is 0. The molecule has 1 saturated carbocycles. The van der Waals surface area contributed by atoms with E-state index >= 15 is 0 Å². The summed E-state index contributed by atoms with van der Waals surface area (Å²) in [6.07, 6.45) is 2.46. The van der Waals surface area contributed by atoms with Gasteiger partial charge in [0.1, 0.15) is 11.1 Å². The Bertz CT molecular complexity index is 583. The molecule has 1 aliphatic rings. The third kappa shape index (κ3) is 1.34.